The Bertz CT molecular complexity index is 1380. The number of aryl methyl sites for hydroxylation is 1. The van der Waals surface area contributed by atoms with Gasteiger partial charge >= 0.3 is 0 Å². The van der Waals surface area contributed by atoms with E-state index in [1.807, 2.05) is 37.4 Å². The zero-order valence-corrected chi connectivity index (χ0v) is 15.1. The lowest BCUT2D eigenvalue weighted by molar-refractivity contribution is 1.12. The molecule has 3 aromatic heterocycles. The van der Waals surface area contributed by atoms with Gasteiger partial charge in [-0.15, -0.1) is 11.3 Å². The largest absolute Gasteiger partial charge is 0.398 e. The highest BCUT2D eigenvalue weighted by molar-refractivity contribution is 7.15. The van der Waals surface area contributed by atoms with Crippen LogP contribution in [0, 0.1) is 6.92 Å². The van der Waals surface area contributed by atoms with Gasteiger partial charge in [0.1, 0.15) is 5.01 Å². The number of anilines is 1. The monoisotopic (exact) mass is 374 g/mol. The summed E-state index contributed by atoms with van der Waals surface area (Å²) in [6, 6.07) is 7.81. The molecule has 0 aliphatic carbocycles. The van der Waals surface area contributed by atoms with Crippen molar-refractivity contribution < 1.29 is 0 Å². The van der Waals surface area contributed by atoms with Crippen LogP contribution in [0.1, 0.15) is 4.88 Å². The quantitative estimate of drug-likeness (QED) is 0.409. The van der Waals surface area contributed by atoms with Gasteiger partial charge in [0.2, 0.25) is 0 Å². The van der Waals surface area contributed by atoms with Gasteiger partial charge in [0.15, 0.2) is 0 Å². The molecule has 3 heterocycles. The molecule has 5 aromatic rings. The van der Waals surface area contributed by atoms with Crippen molar-refractivity contribution in [3.8, 4) is 21.7 Å². The molecule has 8 heteroatoms. The number of thiazole rings is 1. The third kappa shape index (κ3) is 2.34. The number of nitrogens with two attached hydrogens (primary N) is 1. The first-order valence-electron chi connectivity index (χ1n) is 8.28. The van der Waals surface area contributed by atoms with E-state index in [1.54, 1.807) is 17.5 Å². The van der Waals surface area contributed by atoms with Crippen LogP contribution in [-0.4, -0.2) is 25.1 Å². The van der Waals surface area contributed by atoms with Crippen LogP contribution in [0.4, 0.5) is 5.69 Å². The second-order valence-electron chi connectivity index (χ2n) is 6.25. The Labute approximate surface area is 156 Å². The van der Waals surface area contributed by atoms with Crippen LogP contribution in [0.2, 0.25) is 0 Å². The van der Waals surface area contributed by atoms with Gasteiger partial charge in [0.25, 0.3) is 5.56 Å². The maximum atomic E-state index is 12.6. The molecule has 0 amide bonds. The molecule has 7 nitrogen and oxygen atoms in total. The van der Waals surface area contributed by atoms with Gasteiger partial charge in [-0.05, 0) is 24.6 Å². The molecule has 0 aliphatic heterocycles. The average Bonchev–Trinajstić information content (AvgIpc) is 3.31. The van der Waals surface area contributed by atoms with E-state index in [-0.39, 0.29) is 5.56 Å². The number of nitrogens with zero attached hydrogens (tertiary/aromatic N) is 3. The van der Waals surface area contributed by atoms with E-state index in [0.29, 0.717) is 16.6 Å². The Hall–Kier alpha value is -3.52. The first-order chi connectivity index (χ1) is 13.1. The molecular weight excluding hydrogens is 360 g/mol. The Morgan fingerprint density at radius 2 is 2.00 bits per heavy atom. The van der Waals surface area contributed by atoms with Crippen LogP contribution in [0.5, 0.6) is 0 Å². The second kappa shape index (κ2) is 5.75. The number of H-pyrrole nitrogens is 2. The molecule has 0 fully saturated rings. The predicted octanol–water partition coefficient (Wildman–Crippen LogP) is 3.48. The van der Waals surface area contributed by atoms with Crippen LogP contribution in [0.15, 0.2) is 47.8 Å². The number of nitrogen functional groups attached to an aromatic ring is 1. The Balaban J connectivity index is 1.94. The third-order valence-corrected chi connectivity index (χ3v) is 5.53. The Kier molecular flexibility index (Phi) is 3.34. The van der Waals surface area contributed by atoms with E-state index >= 15 is 0 Å². The number of aromatic nitrogens is 5. The first-order valence-corrected chi connectivity index (χ1v) is 9.10. The van der Waals surface area contributed by atoms with Crippen LogP contribution < -0.4 is 11.3 Å². The smallest absolute Gasteiger partial charge is 0.260 e. The summed E-state index contributed by atoms with van der Waals surface area (Å²) in [5.74, 6) is 0. The maximum Gasteiger partial charge on any atom is 0.260 e. The first kappa shape index (κ1) is 15.7. The summed E-state index contributed by atoms with van der Waals surface area (Å²) in [5, 5.41) is 9.20. The van der Waals surface area contributed by atoms with Crippen molar-refractivity contribution in [3.63, 3.8) is 0 Å². The standard InChI is InChI=1S/C19H14N6OS/c1-9-6-21-19(27-9)12-5-11(10-3-2-4-14-13(10)7-24-25-14)16(20)15-17(12)22-8-23-18(15)26/h2-8H,20H2,1H3,(H,24,25)(H,22,23,26). The number of fused-ring (bicyclic) bond motifs is 2. The minimum atomic E-state index is -0.270. The molecule has 27 heavy (non-hydrogen) atoms. The summed E-state index contributed by atoms with van der Waals surface area (Å²) in [6.07, 6.45) is 4.96. The van der Waals surface area contributed by atoms with Crippen molar-refractivity contribution in [2.24, 2.45) is 0 Å². The molecule has 0 saturated carbocycles. The molecule has 4 N–H and O–H groups in total. The van der Waals surface area contributed by atoms with Crippen LogP contribution in [-0.2, 0) is 0 Å². The van der Waals surface area contributed by atoms with Gasteiger partial charge < -0.3 is 10.7 Å². The van der Waals surface area contributed by atoms with Gasteiger partial charge in [-0.1, -0.05) is 12.1 Å². The van der Waals surface area contributed by atoms with Gasteiger partial charge in [0, 0.05) is 27.6 Å². The average molecular weight is 374 g/mol. The predicted molar refractivity (Wildman–Crippen MR) is 108 cm³/mol. The topological polar surface area (TPSA) is 113 Å². The van der Waals surface area contributed by atoms with E-state index in [9.17, 15) is 4.79 Å². The summed E-state index contributed by atoms with van der Waals surface area (Å²) in [5.41, 5.74) is 10.5. The summed E-state index contributed by atoms with van der Waals surface area (Å²) in [6.45, 7) is 1.99. The summed E-state index contributed by atoms with van der Waals surface area (Å²) >= 11 is 1.55. The van der Waals surface area contributed by atoms with E-state index in [1.165, 1.54) is 6.33 Å². The third-order valence-electron chi connectivity index (χ3n) is 4.58. The van der Waals surface area contributed by atoms with E-state index in [4.69, 9.17) is 5.73 Å². The fourth-order valence-corrected chi connectivity index (χ4v) is 4.13. The van der Waals surface area contributed by atoms with E-state index < -0.39 is 0 Å². The number of rotatable bonds is 2. The zero-order chi connectivity index (χ0) is 18.5. The molecule has 0 atom stereocenters. The lowest BCUT2D eigenvalue weighted by atomic mass is 9.95. The van der Waals surface area contributed by atoms with Gasteiger partial charge in [-0.3, -0.25) is 9.89 Å². The van der Waals surface area contributed by atoms with Crippen molar-refractivity contribution in [3.05, 3.63) is 58.2 Å². The number of hydrogen-bond donors (Lipinski definition) is 3. The maximum absolute atomic E-state index is 12.6. The number of hydrogen-bond acceptors (Lipinski definition) is 6. The minimum Gasteiger partial charge on any atom is -0.398 e. The molecule has 0 bridgehead atoms. The molecule has 2 aromatic carbocycles. The normalized spacial score (nSPS) is 11.4. The van der Waals surface area contributed by atoms with Crippen LogP contribution in [0.3, 0.4) is 0 Å². The van der Waals surface area contributed by atoms with Crippen molar-refractivity contribution in [1.29, 1.82) is 0 Å². The molecule has 0 spiro atoms. The van der Waals surface area contributed by atoms with E-state index in [2.05, 4.69) is 25.1 Å². The van der Waals surface area contributed by atoms with Crippen molar-refractivity contribution in [1.82, 2.24) is 25.1 Å². The van der Waals surface area contributed by atoms with E-state index in [0.717, 1.165) is 37.5 Å². The fraction of sp³-hybridized carbons (Fsp3) is 0.0526. The molecule has 0 unspecified atom stereocenters. The zero-order valence-electron chi connectivity index (χ0n) is 14.3. The Morgan fingerprint density at radius 3 is 2.81 bits per heavy atom. The Morgan fingerprint density at radius 1 is 1.11 bits per heavy atom. The van der Waals surface area contributed by atoms with Gasteiger partial charge in [0.05, 0.1) is 34.6 Å². The summed E-state index contributed by atoms with van der Waals surface area (Å²) in [7, 11) is 0. The number of aromatic amines is 2. The van der Waals surface area contributed by atoms with Gasteiger partial charge in [-0.2, -0.15) is 5.10 Å². The number of nitrogens with one attached hydrogen (secondary N) is 2. The summed E-state index contributed by atoms with van der Waals surface area (Å²) in [4.78, 5) is 25.2. The highest BCUT2D eigenvalue weighted by Crippen LogP contribution is 2.40. The van der Waals surface area contributed by atoms with Crippen molar-refractivity contribution in [2.75, 3.05) is 5.73 Å². The lowest BCUT2D eigenvalue weighted by Gasteiger charge is -2.12. The number of benzene rings is 2. The summed E-state index contributed by atoms with van der Waals surface area (Å²) < 4.78 is 0. The van der Waals surface area contributed by atoms with Crippen LogP contribution >= 0.6 is 11.3 Å². The second-order valence-corrected chi connectivity index (χ2v) is 7.49. The molecule has 0 saturated heterocycles. The van der Waals surface area contributed by atoms with Crippen molar-refractivity contribution in [2.45, 2.75) is 6.92 Å². The SMILES string of the molecule is Cc1cnc(-c2cc(-c3cccc4[nH]ncc34)c(N)c3c(=O)[nH]cnc23)s1. The highest BCUT2D eigenvalue weighted by atomic mass is 32.1. The minimum absolute atomic E-state index is 0.270. The molecule has 0 aliphatic rings. The fourth-order valence-electron chi connectivity index (χ4n) is 3.35. The lowest BCUT2D eigenvalue weighted by Crippen LogP contribution is -2.10. The molecule has 0 radical (unpaired) electrons. The molecule has 132 valence electrons. The van der Waals surface area contributed by atoms with Crippen LogP contribution in [0.25, 0.3) is 43.5 Å². The van der Waals surface area contributed by atoms with Crippen molar-refractivity contribution >= 4 is 38.8 Å². The molecular formula is C19H14N6OS. The highest BCUT2D eigenvalue weighted by Gasteiger charge is 2.19. The molecule has 5 rings (SSSR count). The van der Waals surface area contributed by atoms with Gasteiger partial charge in [-0.25, -0.2) is 9.97 Å².